The molecule has 1 saturated heterocycles. The SMILES string of the molecule is Cc1nn(C)cc1-c1ccc(O[C@H]2C[C@@H]3CN(CCC(C)(C)C)C[C@@H]3C2)nn1. The maximum Gasteiger partial charge on any atom is 0.233 e. The van der Waals surface area contributed by atoms with E-state index in [1.54, 1.807) is 4.68 Å². The molecule has 3 heterocycles. The van der Waals surface area contributed by atoms with Crippen molar-refractivity contribution >= 4 is 0 Å². The lowest BCUT2D eigenvalue weighted by Gasteiger charge is -2.24. The summed E-state index contributed by atoms with van der Waals surface area (Å²) in [4.78, 5) is 2.65. The number of likely N-dealkylation sites (tertiary alicyclic amines) is 1. The lowest BCUT2D eigenvalue weighted by Crippen LogP contribution is -2.28. The molecular weight excluding hydrogens is 350 g/mol. The summed E-state index contributed by atoms with van der Waals surface area (Å²) in [7, 11) is 1.92. The molecule has 1 saturated carbocycles. The lowest BCUT2D eigenvalue weighted by molar-refractivity contribution is 0.173. The smallest absolute Gasteiger partial charge is 0.233 e. The minimum Gasteiger partial charge on any atom is -0.473 e. The number of hydrogen-bond donors (Lipinski definition) is 0. The number of nitrogens with zero attached hydrogens (tertiary/aromatic N) is 5. The first-order valence-electron chi connectivity index (χ1n) is 10.5. The fraction of sp³-hybridized carbons (Fsp3) is 0.682. The van der Waals surface area contributed by atoms with Gasteiger partial charge in [0, 0.05) is 38.0 Å². The summed E-state index contributed by atoms with van der Waals surface area (Å²) in [6.07, 6.45) is 5.80. The third-order valence-electron chi connectivity index (χ3n) is 6.18. The van der Waals surface area contributed by atoms with Crippen LogP contribution in [0.1, 0.15) is 45.7 Å². The van der Waals surface area contributed by atoms with E-state index >= 15 is 0 Å². The number of fused-ring (bicyclic) bond motifs is 1. The van der Waals surface area contributed by atoms with E-state index in [0.29, 0.717) is 11.3 Å². The van der Waals surface area contributed by atoms with E-state index in [-0.39, 0.29) is 6.10 Å². The molecule has 0 radical (unpaired) electrons. The highest BCUT2D eigenvalue weighted by atomic mass is 16.5. The minimum atomic E-state index is 0.278. The fourth-order valence-electron chi connectivity index (χ4n) is 4.66. The first-order valence-corrected chi connectivity index (χ1v) is 10.5. The number of ether oxygens (including phenoxy) is 1. The summed E-state index contributed by atoms with van der Waals surface area (Å²) in [5, 5.41) is 13.0. The molecule has 0 N–H and O–H groups in total. The van der Waals surface area contributed by atoms with Gasteiger partial charge in [-0.1, -0.05) is 20.8 Å². The summed E-state index contributed by atoms with van der Waals surface area (Å²) in [5.41, 5.74) is 3.25. The van der Waals surface area contributed by atoms with Gasteiger partial charge < -0.3 is 9.64 Å². The molecule has 0 amide bonds. The highest BCUT2D eigenvalue weighted by molar-refractivity contribution is 5.60. The first-order chi connectivity index (χ1) is 13.3. The van der Waals surface area contributed by atoms with E-state index < -0.39 is 0 Å². The molecule has 0 aromatic carbocycles. The Labute approximate surface area is 168 Å². The van der Waals surface area contributed by atoms with Crippen LogP contribution in [0, 0.1) is 24.2 Å². The van der Waals surface area contributed by atoms with Gasteiger partial charge in [0.15, 0.2) is 0 Å². The second-order valence-corrected chi connectivity index (χ2v) is 9.86. The zero-order valence-corrected chi connectivity index (χ0v) is 17.9. The van der Waals surface area contributed by atoms with Crippen LogP contribution >= 0.6 is 0 Å². The van der Waals surface area contributed by atoms with Crippen molar-refractivity contribution in [3.05, 3.63) is 24.0 Å². The molecule has 0 unspecified atom stereocenters. The molecule has 0 bridgehead atoms. The highest BCUT2D eigenvalue weighted by Crippen LogP contribution is 2.40. The molecule has 6 nitrogen and oxygen atoms in total. The minimum absolute atomic E-state index is 0.278. The van der Waals surface area contributed by atoms with E-state index in [0.717, 1.165) is 41.6 Å². The van der Waals surface area contributed by atoms with Crippen molar-refractivity contribution in [1.82, 2.24) is 24.9 Å². The van der Waals surface area contributed by atoms with Crippen LogP contribution in [0.4, 0.5) is 0 Å². The van der Waals surface area contributed by atoms with Crippen molar-refractivity contribution < 1.29 is 4.74 Å². The molecule has 152 valence electrons. The average Bonchev–Trinajstić information content (AvgIpc) is 3.26. The highest BCUT2D eigenvalue weighted by Gasteiger charge is 2.41. The zero-order chi connectivity index (χ0) is 19.9. The topological polar surface area (TPSA) is 56.1 Å². The van der Waals surface area contributed by atoms with E-state index in [9.17, 15) is 0 Å². The van der Waals surface area contributed by atoms with Crippen LogP contribution in [-0.4, -0.2) is 50.6 Å². The number of aryl methyl sites for hydroxylation is 2. The van der Waals surface area contributed by atoms with E-state index in [1.165, 1.54) is 26.1 Å². The molecule has 3 atom stereocenters. The first kappa shape index (κ1) is 19.4. The monoisotopic (exact) mass is 383 g/mol. The van der Waals surface area contributed by atoms with Gasteiger partial charge in [-0.2, -0.15) is 5.10 Å². The maximum absolute atomic E-state index is 6.17. The van der Waals surface area contributed by atoms with Crippen LogP contribution < -0.4 is 4.74 Å². The van der Waals surface area contributed by atoms with Crippen molar-refractivity contribution in [2.45, 2.75) is 53.1 Å². The van der Waals surface area contributed by atoms with Gasteiger partial charge in [0.25, 0.3) is 0 Å². The van der Waals surface area contributed by atoms with Gasteiger partial charge in [0.1, 0.15) is 6.10 Å². The molecule has 1 aliphatic heterocycles. The number of rotatable bonds is 5. The Morgan fingerprint density at radius 2 is 1.82 bits per heavy atom. The molecule has 4 rings (SSSR count). The Balaban J connectivity index is 1.29. The Hall–Kier alpha value is -1.95. The average molecular weight is 384 g/mol. The summed E-state index contributed by atoms with van der Waals surface area (Å²) in [5.74, 6) is 2.19. The molecule has 2 aliphatic rings. The summed E-state index contributed by atoms with van der Waals surface area (Å²) in [6, 6.07) is 3.93. The number of hydrogen-bond acceptors (Lipinski definition) is 5. The molecule has 1 aliphatic carbocycles. The molecule has 0 spiro atoms. The quantitative estimate of drug-likeness (QED) is 0.788. The standard InChI is InChI=1S/C22H33N5O/c1-15-19(14-26(5)25-15)20-6-7-21(24-23-20)28-18-10-16-12-27(13-17(16)11-18)9-8-22(2,3)4/h6-7,14,16-18H,8-13H2,1-5H3/t16-,17+,18+. The number of aromatic nitrogens is 4. The van der Waals surface area contributed by atoms with Gasteiger partial charge in [-0.3, -0.25) is 4.68 Å². The van der Waals surface area contributed by atoms with Gasteiger partial charge in [-0.15, -0.1) is 10.2 Å². The second kappa shape index (κ2) is 7.47. The van der Waals surface area contributed by atoms with E-state index in [2.05, 4.69) is 41.0 Å². The molecule has 2 aromatic heterocycles. The van der Waals surface area contributed by atoms with Gasteiger partial charge in [-0.25, -0.2) is 0 Å². The maximum atomic E-state index is 6.17. The van der Waals surface area contributed by atoms with Crippen LogP contribution in [-0.2, 0) is 7.05 Å². The van der Waals surface area contributed by atoms with Gasteiger partial charge >= 0.3 is 0 Å². The molecule has 2 aromatic rings. The van der Waals surface area contributed by atoms with Crippen molar-refractivity contribution in [1.29, 1.82) is 0 Å². The van der Waals surface area contributed by atoms with Crippen molar-refractivity contribution in [2.75, 3.05) is 19.6 Å². The predicted molar refractivity (Wildman–Crippen MR) is 110 cm³/mol. The predicted octanol–water partition coefficient (Wildman–Crippen LogP) is 3.71. The van der Waals surface area contributed by atoms with Crippen molar-refractivity contribution in [3.8, 4) is 17.1 Å². The third kappa shape index (κ3) is 4.37. The largest absolute Gasteiger partial charge is 0.473 e. The Bertz CT molecular complexity index is 793. The fourth-order valence-corrected chi connectivity index (χ4v) is 4.66. The normalized spacial score (nSPS) is 25.2. The molecular formula is C22H33N5O. The third-order valence-corrected chi connectivity index (χ3v) is 6.18. The van der Waals surface area contributed by atoms with E-state index in [4.69, 9.17) is 4.74 Å². The summed E-state index contributed by atoms with van der Waals surface area (Å²) < 4.78 is 7.98. The molecule has 28 heavy (non-hydrogen) atoms. The van der Waals surface area contributed by atoms with Gasteiger partial charge in [0.05, 0.1) is 11.4 Å². The Morgan fingerprint density at radius 3 is 2.36 bits per heavy atom. The zero-order valence-electron chi connectivity index (χ0n) is 17.9. The van der Waals surface area contributed by atoms with Crippen LogP contribution in [0.25, 0.3) is 11.3 Å². The summed E-state index contributed by atoms with van der Waals surface area (Å²) in [6.45, 7) is 12.7. The second-order valence-electron chi connectivity index (χ2n) is 9.86. The summed E-state index contributed by atoms with van der Waals surface area (Å²) >= 11 is 0. The van der Waals surface area contributed by atoms with Crippen LogP contribution in [0.3, 0.4) is 0 Å². The van der Waals surface area contributed by atoms with Crippen LogP contribution in [0.15, 0.2) is 18.3 Å². The van der Waals surface area contributed by atoms with Gasteiger partial charge in [0.2, 0.25) is 5.88 Å². The molecule has 2 fully saturated rings. The van der Waals surface area contributed by atoms with Gasteiger partial charge in [-0.05, 0) is 56.0 Å². The van der Waals surface area contributed by atoms with Crippen molar-refractivity contribution in [3.63, 3.8) is 0 Å². The van der Waals surface area contributed by atoms with Crippen molar-refractivity contribution in [2.24, 2.45) is 24.3 Å². The van der Waals surface area contributed by atoms with Crippen LogP contribution in [0.2, 0.25) is 0 Å². The Kier molecular flexibility index (Phi) is 5.17. The van der Waals surface area contributed by atoms with Crippen LogP contribution in [0.5, 0.6) is 5.88 Å². The van der Waals surface area contributed by atoms with E-state index in [1.807, 2.05) is 32.3 Å². The molecule has 6 heteroatoms. The Morgan fingerprint density at radius 1 is 1.11 bits per heavy atom. The lowest BCUT2D eigenvalue weighted by atomic mass is 9.92.